The number of hydrogen-bond donors (Lipinski definition) is 1. The zero-order chi connectivity index (χ0) is 24.2. The van der Waals surface area contributed by atoms with Crippen LogP contribution in [0.15, 0.2) is 30.3 Å². The molecular weight excluding hydrogens is 417 g/mol. The zero-order valence-corrected chi connectivity index (χ0v) is 23.9. The van der Waals surface area contributed by atoms with Crippen molar-refractivity contribution >= 4 is 7.92 Å². The molecule has 0 heterocycles. The Morgan fingerprint density at radius 3 is 1.12 bits per heavy atom. The first-order valence-corrected chi connectivity index (χ1v) is 16.6. The van der Waals surface area contributed by atoms with Gasteiger partial charge in [0, 0.05) is 6.54 Å². The summed E-state index contributed by atoms with van der Waals surface area (Å²) < 4.78 is 0. The van der Waals surface area contributed by atoms with Crippen LogP contribution in [0.25, 0.3) is 0 Å². The van der Waals surface area contributed by atoms with E-state index in [4.69, 9.17) is 5.73 Å². The van der Waals surface area contributed by atoms with E-state index in [1.165, 1.54) is 121 Å². The van der Waals surface area contributed by atoms with Crippen molar-refractivity contribution in [3.05, 3.63) is 35.9 Å². The Kier molecular flexibility index (Phi) is 27.5. The average Bonchev–Trinajstić information content (AvgIpc) is 2.85. The van der Waals surface area contributed by atoms with Crippen molar-refractivity contribution in [1.29, 1.82) is 0 Å². The molecule has 1 aromatic carbocycles. The van der Waals surface area contributed by atoms with Crippen LogP contribution in [0, 0.1) is 0 Å². The molecule has 1 nitrogen and oxygen atoms in total. The van der Waals surface area contributed by atoms with Crippen LogP contribution in [0.2, 0.25) is 0 Å². The summed E-state index contributed by atoms with van der Waals surface area (Å²) in [6, 6.07) is 9.99. The van der Waals surface area contributed by atoms with Gasteiger partial charge in [-0.15, -0.1) is 7.92 Å². The highest BCUT2D eigenvalue weighted by atomic mass is 31.1. The largest absolute Gasteiger partial charge is 0.326 e. The lowest BCUT2D eigenvalue weighted by Gasteiger charge is -2.18. The van der Waals surface area contributed by atoms with Crippen molar-refractivity contribution < 1.29 is 0 Å². The molecule has 0 aromatic heterocycles. The standard InChI is InChI=1S/C24H51P.C7H9N/c1-4-7-10-13-16-19-22-25(23-20-17-14-11-8-5-2)24-21-18-15-12-9-6-3;8-6-7-4-2-1-3-5-7/h4-24H2,1-3H3;1-5H,6,8H2. The fourth-order valence-corrected chi connectivity index (χ4v) is 6.98. The van der Waals surface area contributed by atoms with E-state index in [9.17, 15) is 0 Å². The molecule has 194 valence electrons. The van der Waals surface area contributed by atoms with E-state index in [1.54, 1.807) is 18.5 Å². The maximum atomic E-state index is 5.35. The lowest BCUT2D eigenvalue weighted by molar-refractivity contribution is 0.617. The molecule has 0 aliphatic carbocycles. The fraction of sp³-hybridized carbons (Fsp3) is 0.806. The lowest BCUT2D eigenvalue weighted by Crippen LogP contribution is -1.97. The fourth-order valence-electron chi connectivity index (χ4n) is 4.30. The Balaban J connectivity index is 0.00000106. The van der Waals surface area contributed by atoms with Gasteiger partial charge in [0.2, 0.25) is 0 Å². The van der Waals surface area contributed by atoms with Gasteiger partial charge in [-0.05, 0) is 43.3 Å². The first-order valence-electron chi connectivity index (χ1n) is 14.7. The molecule has 2 heteroatoms. The second-order valence-electron chi connectivity index (χ2n) is 9.83. The van der Waals surface area contributed by atoms with Gasteiger partial charge in [0.1, 0.15) is 0 Å². The smallest absolute Gasteiger partial charge is 0.0178 e. The minimum absolute atomic E-state index is 0.366. The third-order valence-corrected chi connectivity index (χ3v) is 9.41. The highest BCUT2D eigenvalue weighted by molar-refractivity contribution is 7.57. The summed E-state index contributed by atoms with van der Waals surface area (Å²) in [7, 11) is 0.366. The Hall–Kier alpha value is -0.390. The first kappa shape index (κ1) is 32.6. The van der Waals surface area contributed by atoms with E-state index >= 15 is 0 Å². The molecule has 0 aliphatic heterocycles. The van der Waals surface area contributed by atoms with Crippen LogP contribution < -0.4 is 5.73 Å². The quantitative estimate of drug-likeness (QED) is 0.130. The molecular formula is C31H60NP. The zero-order valence-electron chi connectivity index (χ0n) is 23.0. The molecule has 0 radical (unpaired) electrons. The predicted molar refractivity (Wildman–Crippen MR) is 156 cm³/mol. The van der Waals surface area contributed by atoms with Crippen molar-refractivity contribution in [3.63, 3.8) is 0 Å². The topological polar surface area (TPSA) is 26.0 Å². The van der Waals surface area contributed by atoms with Gasteiger partial charge in [-0.3, -0.25) is 0 Å². The van der Waals surface area contributed by atoms with Crippen molar-refractivity contribution in [2.75, 3.05) is 18.5 Å². The van der Waals surface area contributed by atoms with E-state index in [1.807, 2.05) is 30.3 Å². The van der Waals surface area contributed by atoms with Crippen LogP contribution in [-0.4, -0.2) is 18.5 Å². The molecule has 0 atom stereocenters. The number of nitrogens with two attached hydrogens (primary N) is 1. The van der Waals surface area contributed by atoms with Crippen LogP contribution in [0.3, 0.4) is 0 Å². The Bertz CT molecular complexity index is 423. The van der Waals surface area contributed by atoms with Gasteiger partial charge in [0.05, 0.1) is 0 Å². The molecule has 0 spiro atoms. The van der Waals surface area contributed by atoms with Crippen LogP contribution >= 0.6 is 7.92 Å². The maximum Gasteiger partial charge on any atom is 0.0178 e. The van der Waals surface area contributed by atoms with Crippen molar-refractivity contribution in [3.8, 4) is 0 Å². The molecule has 0 aliphatic rings. The molecule has 0 unspecified atom stereocenters. The third kappa shape index (κ3) is 24.5. The first-order chi connectivity index (χ1) is 16.3. The van der Waals surface area contributed by atoms with Gasteiger partial charge >= 0.3 is 0 Å². The minimum Gasteiger partial charge on any atom is -0.326 e. The number of unbranched alkanes of at least 4 members (excludes halogenated alkanes) is 15. The summed E-state index contributed by atoms with van der Waals surface area (Å²) in [6.07, 6.45) is 31.2. The SMILES string of the molecule is CCCCCCCCP(CCCCCCCC)CCCCCCCC.NCc1ccccc1. The molecule has 33 heavy (non-hydrogen) atoms. The molecule has 1 aromatic rings. The van der Waals surface area contributed by atoms with Crippen LogP contribution in [-0.2, 0) is 6.54 Å². The van der Waals surface area contributed by atoms with Crippen molar-refractivity contribution in [2.24, 2.45) is 5.73 Å². The molecule has 0 fully saturated rings. The summed E-state index contributed by atoms with van der Waals surface area (Å²) in [5.41, 5.74) is 6.54. The van der Waals surface area contributed by atoms with Gasteiger partial charge in [0.15, 0.2) is 0 Å². The Morgan fingerprint density at radius 2 is 0.818 bits per heavy atom. The van der Waals surface area contributed by atoms with E-state index < -0.39 is 0 Å². The van der Waals surface area contributed by atoms with Crippen LogP contribution in [0.5, 0.6) is 0 Å². The number of benzene rings is 1. The van der Waals surface area contributed by atoms with Crippen LogP contribution in [0.4, 0.5) is 0 Å². The second kappa shape index (κ2) is 27.9. The monoisotopic (exact) mass is 477 g/mol. The number of rotatable bonds is 22. The molecule has 2 N–H and O–H groups in total. The summed E-state index contributed by atoms with van der Waals surface area (Å²) in [5.74, 6) is 0. The highest BCUT2D eigenvalue weighted by Gasteiger charge is 2.07. The highest BCUT2D eigenvalue weighted by Crippen LogP contribution is 2.39. The summed E-state index contributed by atoms with van der Waals surface area (Å²) >= 11 is 0. The van der Waals surface area contributed by atoms with Gasteiger partial charge in [-0.1, -0.05) is 147 Å². The molecule has 0 saturated heterocycles. The van der Waals surface area contributed by atoms with Gasteiger partial charge in [0.25, 0.3) is 0 Å². The summed E-state index contributed by atoms with van der Waals surface area (Å²) in [4.78, 5) is 0. The lowest BCUT2D eigenvalue weighted by atomic mass is 10.1. The molecule has 0 amide bonds. The summed E-state index contributed by atoms with van der Waals surface area (Å²) in [5, 5.41) is 0. The van der Waals surface area contributed by atoms with E-state index in [2.05, 4.69) is 20.8 Å². The van der Waals surface area contributed by atoms with Gasteiger partial charge in [-0.25, -0.2) is 0 Å². The average molecular weight is 478 g/mol. The molecule has 0 bridgehead atoms. The van der Waals surface area contributed by atoms with E-state index in [0.29, 0.717) is 14.5 Å². The number of hydrogen-bond acceptors (Lipinski definition) is 1. The summed E-state index contributed by atoms with van der Waals surface area (Å²) in [6.45, 7) is 7.60. The molecule has 0 saturated carbocycles. The van der Waals surface area contributed by atoms with Gasteiger partial charge < -0.3 is 5.73 Å². The molecule has 1 rings (SSSR count). The van der Waals surface area contributed by atoms with E-state index in [0.717, 1.165) is 0 Å². The minimum atomic E-state index is 0.366. The predicted octanol–water partition coefficient (Wildman–Crippen LogP) is 10.7. The van der Waals surface area contributed by atoms with Gasteiger partial charge in [-0.2, -0.15) is 0 Å². The maximum absolute atomic E-state index is 5.35. The third-order valence-electron chi connectivity index (χ3n) is 6.56. The second-order valence-corrected chi connectivity index (χ2v) is 12.5. The Labute approximate surface area is 210 Å². The normalized spacial score (nSPS) is 10.9. The van der Waals surface area contributed by atoms with Crippen molar-refractivity contribution in [2.45, 2.75) is 143 Å². The van der Waals surface area contributed by atoms with Crippen molar-refractivity contribution in [1.82, 2.24) is 0 Å². The Morgan fingerprint density at radius 1 is 0.485 bits per heavy atom. The van der Waals surface area contributed by atoms with Crippen LogP contribution in [0.1, 0.15) is 142 Å². The van der Waals surface area contributed by atoms with E-state index in [-0.39, 0.29) is 0 Å².